The highest BCUT2D eigenvalue weighted by Crippen LogP contribution is 2.24. The summed E-state index contributed by atoms with van der Waals surface area (Å²) in [5, 5.41) is 12.4. The normalized spacial score (nSPS) is 18.8. The molecule has 1 aliphatic heterocycles. The second kappa shape index (κ2) is 5.82. The van der Waals surface area contributed by atoms with E-state index in [1.807, 2.05) is 5.38 Å². The summed E-state index contributed by atoms with van der Waals surface area (Å²) in [4.78, 5) is 8.85. The first-order chi connectivity index (χ1) is 7.79. The fraction of sp³-hybridized carbons (Fsp3) is 0.700. The van der Waals surface area contributed by atoms with E-state index >= 15 is 0 Å². The first kappa shape index (κ1) is 12.1. The lowest BCUT2D eigenvalue weighted by Gasteiger charge is -2.20. The van der Waals surface area contributed by atoms with Gasteiger partial charge in [0.25, 0.3) is 0 Å². The molecule has 2 rings (SSSR count). The van der Waals surface area contributed by atoms with Gasteiger partial charge in [0, 0.05) is 31.6 Å². The van der Waals surface area contributed by atoms with E-state index in [2.05, 4.69) is 14.8 Å². The first-order valence-electron chi connectivity index (χ1n) is 5.49. The van der Waals surface area contributed by atoms with Crippen LogP contribution in [0.15, 0.2) is 5.38 Å². The van der Waals surface area contributed by atoms with Crippen LogP contribution in [0, 0.1) is 0 Å². The molecule has 0 spiro atoms. The second-order valence-electron chi connectivity index (χ2n) is 3.86. The molecule has 1 saturated heterocycles. The van der Waals surface area contributed by atoms with Crippen LogP contribution >= 0.6 is 22.9 Å². The second-order valence-corrected chi connectivity index (χ2v) is 5.08. The zero-order valence-corrected chi connectivity index (χ0v) is 10.7. The van der Waals surface area contributed by atoms with E-state index in [-0.39, 0.29) is 6.61 Å². The highest BCUT2D eigenvalue weighted by molar-refractivity contribution is 7.14. The Labute approximate surface area is 104 Å². The van der Waals surface area contributed by atoms with Crippen LogP contribution in [0.4, 0.5) is 5.13 Å². The first-order valence-corrected chi connectivity index (χ1v) is 6.74. The summed E-state index contributed by atoms with van der Waals surface area (Å²) < 4.78 is 0. The fourth-order valence-corrected chi connectivity index (χ4v) is 2.92. The lowest BCUT2D eigenvalue weighted by molar-refractivity contribution is 0.204. The van der Waals surface area contributed by atoms with E-state index in [1.54, 1.807) is 11.3 Å². The lowest BCUT2D eigenvalue weighted by atomic mass is 10.4. The van der Waals surface area contributed by atoms with Crippen LogP contribution in [0.3, 0.4) is 0 Å². The molecule has 0 saturated carbocycles. The summed E-state index contributed by atoms with van der Waals surface area (Å²) in [5.41, 5.74) is 0. The molecule has 0 amide bonds. The quantitative estimate of drug-likeness (QED) is 0.891. The number of rotatable bonds is 3. The van der Waals surface area contributed by atoms with Crippen LogP contribution < -0.4 is 4.90 Å². The van der Waals surface area contributed by atoms with Gasteiger partial charge in [0.1, 0.15) is 5.15 Å². The molecule has 1 aromatic heterocycles. The smallest absolute Gasteiger partial charge is 0.186 e. The SMILES string of the molecule is OCCN1CCCN(c2nc(Cl)cs2)CC1. The van der Waals surface area contributed by atoms with Crippen molar-refractivity contribution in [1.29, 1.82) is 0 Å². The van der Waals surface area contributed by atoms with E-state index in [4.69, 9.17) is 16.7 Å². The molecule has 1 fully saturated rings. The number of halogens is 1. The number of aromatic nitrogens is 1. The Bertz CT molecular complexity index is 334. The maximum atomic E-state index is 8.91. The van der Waals surface area contributed by atoms with Crippen molar-refractivity contribution in [3.8, 4) is 0 Å². The number of hydrogen-bond donors (Lipinski definition) is 1. The highest BCUT2D eigenvalue weighted by Gasteiger charge is 2.16. The zero-order chi connectivity index (χ0) is 11.4. The van der Waals surface area contributed by atoms with Gasteiger partial charge in [-0.05, 0) is 13.0 Å². The summed E-state index contributed by atoms with van der Waals surface area (Å²) >= 11 is 7.42. The molecule has 0 radical (unpaired) electrons. The van der Waals surface area contributed by atoms with Gasteiger partial charge < -0.3 is 10.0 Å². The highest BCUT2D eigenvalue weighted by atomic mass is 35.5. The Balaban J connectivity index is 1.93. The molecule has 1 aromatic rings. The van der Waals surface area contributed by atoms with Gasteiger partial charge in [0.15, 0.2) is 5.13 Å². The number of anilines is 1. The van der Waals surface area contributed by atoms with Gasteiger partial charge in [0.2, 0.25) is 0 Å². The standard InChI is InChI=1S/C10H16ClN3OS/c11-9-8-16-10(12-9)14-3-1-2-13(4-5-14)6-7-15/h8,15H,1-7H2. The van der Waals surface area contributed by atoms with Gasteiger partial charge >= 0.3 is 0 Å². The Morgan fingerprint density at radius 1 is 1.38 bits per heavy atom. The van der Waals surface area contributed by atoms with Crippen molar-refractivity contribution in [2.75, 3.05) is 44.2 Å². The van der Waals surface area contributed by atoms with E-state index < -0.39 is 0 Å². The van der Waals surface area contributed by atoms with Crippen LogP contribution in [-0.2, 0) is 0 Å². The third-order valence-electron chi connectivity index (χ3n) is 2.74. The van der Waals surface area contributed by atoms with E-state index in [1.165, 1.54) is 0 Å². The van der Waals surface area contributed by atoms with E-state index in [0.29, 0.717) is 5.15 Å². The van der Waals surface area contributed by atoms with Crippen molar-refractivity contribution in [2.45, 2.75) is 6.42 Å². The van der Waals surface area contributed by atoms with Gasteiger partial charge in [-0.3, -0.25) is 4.90 Å². The molecule has 0 aromatic carbocycles. The molecule has 2 heterocycles. The minimum absolute atomic E-state index is 0.239. The lowest BCUT2D eigenvalue weighted by Crippen LogP contribution is -2.32. The molecule has 0 aliphatic carbocycles. The van der Waals surface area contributed by atoms with Crippen molar-refractivity contribution >= 4 is 28.1 Å². The molecular weight excluding hydrogens is 246 g/mol. The van der Waals surface area contributed by atoms with Gasteiger partial charge in [-0.1, -0.05) is 11.6 Å². The topological polar surface area (TPSA) is 39.6 Å². The van der Waals surface area contributed by atoms with Crippen molar-refractivity contribution in [3.63, 3.8) is 0 Å². The average Bonchev–Trinajstić information content (AvgIpc) is 2.57. The summed E-state index contributed by atoms with van der Waals surface area (Å²) in [5.74, 6) is 0. The number of aliphatic hydroxyl groups is 1. The van der Waals surface area contributed by atoms with Gasteiger partial charge in [-0.2, -0.15) is 0 Å². The molecule has 1 N–H and O–H groups in total. The number of aliphatic hydroxyl groups excluding tert-OH is 1. The number of nitrogens with zero attached hydrogens (tertiary/aromatic N) is 3. The van der Waals surface area contributed by atoms with Crippen LogP contribution in [0.25, 0.3) is 0 Å². The van der Waals surface area contributed by atoms with Gasteiger partial charge in [-0.25, -0.2) is 4.98 Å². The van der Waals surface area contributed by atoms with Crippen molar-refractivity contribution in [1.82, 2.24) is 9.88 Å². The summed E-state index contributed by atoms with van der Waals surface area (Å²) in [6.07, 6.45) is 1.11. The molecule has 0 bridgehead atoms. The fourth-order valence-electron chi connectivity index (χ4n) is 1.92. The van der Waals surface area contributed by atoms with Crippen molar-refractivity contribution in [2.24, 2.45) is 0 Å². The summed E-state index contributed by atoms with van der Waals surface area (Å²) in [6, 6.07) is 0. The third kappa shape index (κ3) is 3.07. The Kier molecular flexibility index (Phi) is 4.40. The molecule has 0 atom stereocenters. The maximum absolute atomic E-state index is 8.91. The number of thiazole rings is 1. The molecule has 90 valence electrons. The molecule has 16 heavy (non-hydrogen) atoms. The minimum Gasteiger partial charge on any atom is -0.395 e. The summed E-state index contributed by atoms with van der Waals surface area (Å²) in [7, 11) is 0. The average molecular weight is 262 g/mol. The molecule has 0 unspecified atom stereocenters. The Hall–Kier alpha value is -0.360. The molecular formula is C10H16ClN3OS. The van der Waals surface area contributed by atoms with Crippen molar-refractivity contribution in [3.05, 3.63) is 10.5 Å². The maximum Gasteiger partial charge on any atom is 0.186 e. The van der Waals surface area contributed by atoms with E-state index in [0.717, 1.165) is 44.3 Å². The van der Waals surface area contributed by atoms with Crippen LogP contribution in [0.2, 0.25) is 5.15 Å². The predicted molar refractivity (Wildman–Crippen MR) is 67.5 cm³/mol. The number of β-amino-alcohol motifs (C(OH)–C–C–N with tert-alkyl or cyclic N) is 1. The van der Waals surface area contributed by atoms with Crippen LogP contribution in [-0.4, -0.2) is 54.3 Å². The summed E-state index contributed by atoms with van der Waals surface area (Å²) in [6.45, 7) is 5.03. The molecule has 4 nitrogen and oxygen atoms in total. The van der Waals surface area contributed by atoms with Crippen LogP contribution in [0.1, 0.15) is 6.42 Å². The van der Waals surface area contributed by atoms with Crippen LogP contribution in [0.5, 0.6) is 0 Å². The van der Waals surface area contributed by atoms with Gasteiger partial charge in [0.05, 0.1) is 6.61 Å². The molecule has 6 heteroatoms. The van der Waals surface area contributed by atoms with Crippen molar-refractivity contribution < 1.29 is 5.11 Å². The third-order valence-corrected chi connectivity index (χ3v) is 3.96. The Morgan fingerprint density at radius 2 is 2.25 bits per heavy atom. The van der Waals surface area contributed by atoms with Gasteiger partial charge in [-0.15, -0.1) is 11.3 Å². The Morgan fingerprint density at radius 3 is 2.94 bits per heavy atom. The monoisotopic (exact) mass is 261 g/mol. The molecule has 1 aliphatic rings. The van der Waals surface area contributed by atoms with E-state index in [9.17, 15) is 0 Å². The zero-order valence-electron chi connectivity index (χ0n) is 9.10. The predicted octanol–water partition coefficient (Wildman–Crippen LogP) is 1.30. The number of hydrogen-bond acceptors (Lipinski definition) is 5. The largest absolute Gasteiger partial charge is 0.395 e. The minimum atomic E-state index is 0.239.